The van der Waals surface area contributed by atoms with Crippen molar-refractivity contribution in [3.63, 3.8) is 0 Å². The van der Waals surface area contributed by atoms with E-state index < -0.39 is 11.7 Å². The number of hydrogen-bond acceptors (Lipinski definition) is 1. The van der Waals surface area contributed by atoms with E-state index in [0.717, 1.165) is 43.3 Å². The third-order valence-electron chi connectivity index (χ3n) is 5.61. The molecule has 1 aliphatic heterocycles. The van der Waals surface area contributed by atoms with Crippen molar-refractivity contribution in [3.8, 4) is 0 Å². The molecule has 1 aliphatic rings. The first kappa shape index (κ1) is 20.4. The third-order valence-corrected chi connectivity index (χ3v) is 5.61. The van der Waals surface area contributed by atoms with Gasteiger partial charge in [-0.1, -0.05) is 42.5 Å². The molecule has 2 aromatic rings. The number of halogens is 3. The molecule has 1 fully saturated rings. The lowest BCUT2D eigenvalue weighted by molar-refractivity contribution is -0.919. The number of para-hydroxylation sites is 1. The summed E-state index contributed by atoms with van der Waals surface area (Å²) in [6, 6.07) is 15.1. The van der Waals surface area contributed by atoms with Gasteiger partial charge in [-0.2, -0.15) is 13.2 Å². The highest BCUT2D eigenvalue weighted by atomic mass is 19.4. The average Bonchev–Trinajstić information content (AvgIpc) is 2.68. The van der Waals surface area contributed by atoms with Crippen molar-refractivity contribution in [2.45, 2.75) is 38.4 Å². The SMILES string of the molecule is C[C@@H](C(=O)Nc1ccccc1C(F)(F)F)[NH+]1CCC(Cc2ccccc2)CC1. The Morgan fingerprint density at radius 2 is 1.68 bits per heavy atom. The molecular formula is C22H26F3N2O+. The highest BCUT2D eigenvalue weighted by molar-refractivity contribution is 5.94. The van der Waals surface area contributed by atoms with Gasteiger partial charge in [0, 0.05) is 0 Å². The van der Waals surface area contributed by atoms with Gasteiger partial charge in [-0.3, -0.25) is 4.79 Å². The van der Waals surface area contributed by atoms with Gasteiger partial charge in [-0.25, -0.2) is 0 Å². The van der Waals surface area contributed by atoms with Crippen molar-refractivity contribution < 1.29 is 22.9 Å². The fraction of sp³-hybridized carbons (Fsp3) is 0.409. The number of benzene rings is 2. The summed E-state index contributed by atoms with van der Waals surface area (Å²) in [6.07, 6.45) is -1.43. The first-order valence-electron chi connectivity index (χ1n) is 9.70. The van der Waals surface area contributed by atoms with E-state index in [4.69, 9.17) is 0 Å². The minimum atomic E-state index is -4.49. The fourth-order valence-electron chi connectivity index (χ4n) is 3.90. The lowest BCUT2D eigenvalue weighted by atomic mass is 9.89. The first-order valence-corrected chi connectivity index (χ1v) is 9.70. The number of carbonyl (C=O) groups excluding carboxylic acids is 1. The van der Waals surface area contributed by atoms with Gasteiger partial charge in [-0.15, -0.1) is 0 Å². The van der Waals surface area contributed by atoms with Crippen molar-refractivity contribution in [1.82, 2.24) is 0 Å². The van der Waals surface area contributed by atoms with Crippen LogP contribution in [0.25, 0.3) is 0 Å². The molecule has 1 amide bonds. The second-order valence-corrected chi connectivity index (χ2v) is 7.55. The van der Waals surface area contributed by atoms with Crippen LogP contribution in [0.15, 0.2) is 54.6 Å². The molecule has 1 heterocycles. The van der Waals surface area contributed by atoms with Crippen LogP contribution < -0.4 is 10.2 Å². The molecule has 3 rings (SSSR count). The van der Waals surface area contributed by atoms with E-state index in [-0.39, 0.29) is 17.6 Å². The highest BCUT2D eigenvalue weighted by Gasteiger charge is 2.35. The quantitative estimate of drug-likeness (QED) is 0.803. The second kappa shape index (κ2) is 8.78. The number of likely N-dealkylation sites (tertiary alicyclic amines) is 1. The highest BCUT2D eigenvalue weighted by Crippen LogP contribution is 2.34. The van der Waals surface area contributed by atoms with Crippen LogP contribution in [0.4, 0.5) is 18.9 Å². The Balaban J connectivity index is 1.55. The molecule has 2 N–H and O–H groups in total. The third kappa shape index (κ3) is 5.13. The number of anilines is 1. The summed E-state index contributed by atoms with van der Waals surface area (Å²) in [6.45, 7) is 3.50. The molecule has 1 atom stereocenters. The predicted molar refractivity (Wildman–Crippen MR) is 103 cm³/mol. The summed E-state index contributed by atoms with van der Waals surface area (Å²) < 4.78 is 39.4. The standard InChI is InChI=1S/C22H25F3N2O/c1-16(21(28)26-20-10-6-5-9-19(20)22(23,24)25)27-13-11-18(12-14-27)15-17-7-3-2-4-8-17/h2-10,16,18H,11-15H2,1H3,(H,26,28)/p+1/t16-/m0/s1. The van der Waals surface area contributed by atoms with Gasteiger partial charge in [0.2, 0.25) is 0 Å². The van der Waals surface area contributed by atoms with E-state index in [1.54, 1.807) is 6.92 Å². The van der Waals surface area contributed by atoms with E-state index in [1.165, 1.54) is 23.8 Å². The molecule has 150 valence electrons. The number of nitrogens with one attached hydrogen (secondary N) is 2. The average molecular weight is 391 g/mol. The number of alkyl halides is 3. The molecular weight excluding hydrogens is 365 g/mol. The Hall–Kier alpha value is -2.34. The van der Waals surface area contributed by atoms with Crippen LogP contribution in [0, 0.1) is 5.92 Å². The lowest BCUT2D eigenvalue weighted by Crippen LogP contribution is -3.17. The minimum absolute atomic E-state index is 0.176. The van der Waals surface area contributed by atoms with Gasteiger partial charge < -0.3 is 10.2 Å². The van der Waals surface area contributed by atoms with Crippen molar-refractivity contribution in [2.75, 3.05) is 18.4 Å². The number of amides is 1. The van der Waals surface area contributed by atoms with E-state index in [2.05, 4.69) is 17.4 Å². The summed E-state index contributed by atoms with van der Waals surface area (Å²) in [5.41, 5.74) is 0.336. The summed E-state index contributed by atoms with van der Waals surface area (Å²) in [4.78, 5) is 13.7. The van der Waals surface area contributed by atoms with Gasteiger partial charge in [0.1, 0.15) is 0 Å². The number of rotatable bonds is 5. The van der Waals surface area contributed by atoms with Crippen LogP contribution in [0.5, 0.6) is 0 Å². The monoisotopic (exact) mass is 391 g/mol. The van der Waals surface area contributed by atoms with Gasteiger partial charge >= 0.3 is 6.18 Å². The molecule has 1 saturated heterocycles. The minimum Gasteiger partial charge on any atom is -0.325 e. The smallest absolute Gasteiger partial charge is 0.325 e. The maximum absolute atomic E-state index is 13.1. The molecule has 0 aliphatic carbocycles. The van der Waals surface area contributed by atoms with Crippen molar-refractivity contribution in [3.05, 3.63) is 65.7 Å². The molecule has 2 aromatic carbocycles. The zero-order valence-electron chi connectivity index (χ0n) is 15.9. The number of carbonyl (C=O) groups is 1. The Labute approximate surface area is 163 Å². The summed E-state index contributed by atoms with van der Waals surface area (Å²) in [5.74, 6) is 0.223. The zero-order chi connectivity index (χ0) is 20.1. The van der Waals surface area contributed by atoms with Crippen LogP contribution in [0.2, 0.25) is 0 Å². The topological polar surface area (TPSA) is 33.5 Å². The maximum Gasteiger partial charge on any atom is 0.418 e. The number of quaternary nitrogens is 1. The Morgan fingerprint density at radius 3 is 2.32 bits per heavy atom. The number of piperidine rings is 1. The molecule has 0 unspecified atom stereocenters. The van der Waals surface area contributed by atoms with Crippen molar-refractivity contribution in [1.29, 1.82) is 0 Å². The normalized spacial score (nSPS) is 21.1. The van der Waals surface area contributed by atoms with Gasteiger partial charge in [-0.05, 0) is 49.8 Å². The zero-order valence-corrected chi connectivity index (χ0v) is 15.9. The Kier molecular flexibility index (Phi) is 6.39. The lowest BCUT2D eigenvalue weighted by Gasteiger charge is -2.32. The van der Waals surface area contributed by atoms with Crippen LogP contribution in [0.3, 0.4) is 0 Å². The molecule has 0 radical (unpaired) electrons. The largest absolute Gasteiger partial charge is 0.418 e. The summed E-state index contributed by atoms with van der Waals surface area (Å²) >= 11 is 0. The molecule has 0 spiro atoms. The molecule has 0 bridgehead atoms. The molecule has 28 heavy (non-hydrogen) atoms. The first-order chi connectivity index (χ1) is 13.3. The van der Waals surface area contributed by atoms with Gasteiger partial charge in [0.25, 0.3) is 5.91 Å². The van der Waals surface area contributed by atoms with E-state index in [9.17, 15) is 18.0 Å². The molecule has 0 aromatic heterocycles. The predicted octanol–water partition coefficient (Wildman–Crippen LogP) is 3.57. The summed E-state index contributed by atoms with van der Waals surface area (Å²) in [7, 11) is 0. The van der Waals surface area contributed by atoms with Crippen LogP contribution >= 0.6 is 0 Å². The van der Waals surface area contributed by atoms with Crippen molar-refractivity contribution >= 4 is 11.6 Å². The van der Waals surface area contributed by atoms with Crippen LogP contribution in [-0.4, -0.2) is 25.0 Å². The summed E-state index contributed by atoms with van der Waals surface area (Å²) in [5, 5.41) is 2.49. The van der Waals surface area contributed by atoms with E-state index in [1.807, 2.05) is 18.2 Å². The number of hydrogen-bond donors (Lipinski definition) is 2. The van der Waals surface area contributed by atoms with E-state index >= 15 is 0 Å². The molecule has 6 heteroatoms. The second-order valence-electron chi connectivity index (χ2n) is 7.55. The van der Waals surface area contributed by atoms with Gasteiger partial charge in [0.05, 0.1) is 24.3 Å². The van der Waals surface area contributed by atoms with Crippen LogP contribution in [0.1, 0.15) is 30.9 Å². The Bertz CT molecular complexity index is 784. The van der Waals surface area contributed by atoms with Crippen LogP contribution in [-0.2, 0) is 17.4 Å². The molecule has 3 nitrogen and oxygen atoms in total. The van der Waals surface area contributed by atoms with Crippen molar-refractivity contribution in [2.24, 2.45) is 5.92 Å². The Morgan fingerprint density at radius 1 is 1.07 bits per heavy atom. The maximum atomic E-state index is 13.1. The van der Waals surface area contributed by atoms with Gasteiger partial charge in [0.15, 0.2) is 6.04 Å². The van der Waals surface area contributed by atoms with E-state index in [0.29, 0.717) is 5.92 Å². The molecule has 0 saturated carbocycles. The fourth-order valence-corrected chi connectivity index (χ4v) is 3.90.